The van der Waals surface area contributed by atoms with E-state index in [2.05, 4.69) is 39.0 Å². The van der Waals surface area contributed by atoms with Crippen molar-refractivity contribution in [3.63, 3.8) is 0 Å². The van der Waals surface area contributed by atoms with E-state index in [1.165, 1.54) is 0 Å². The van der Waals surface area contributed by atoms with Crippen molar-refractivity contribution >= 4 is 20.1 Å². The number of nitrogens with zero attached hydrogens (tertiary/aromatic N) is 2. The molecule has 0 aromatic carbocycles. The predicted molar refractivity (Wildman–Crippen MR) is 110 cm³/mol. The molecule has 158 valence electrons. The zero-order valence-electron chi connectivity index (χ0n) is 18.4. The van der Waals surface area contributed by atoms with Gasteiger partial charge >= 0.3 is 0 Å². The Morgan fingerprint density at radius 2 is 1.96 bits per heavy atom. The quantitative estimate of drug-likeness (QED) is 0.728. The van der Waals surface area contributed by atoms with Gasteiger partial charge in [0.05, 0.1) is 11.8 Å². The molecule has 0 radical (unpaired) electrons. The molecule has 2 unspecified atom stereocenters. The van der Waals surface area contributed by atoms with Crippen molar-refractivity contribution in [3.8, 4) is 0 Å². The summed E-state index contributed by atoms with van der Waals surface area (Å²) in [5, 5.41) is 3.96. The Morgan fingerprint density at radius 1 is 1.36 bits per heavy atom. The summed E-state index contributed by atoms with van der Waals surface area (Å²) >= 11 is 0. The first-order chi connectivity index (χ1) is 12.7. The van der Waals surface area contributed by atoms with Crippen LogP contribution in [-0.4, -0.2) is 48.9 Å². The van der Waals surface area contributed by atoms with Crippen LogP contribution in [0.3, 0.4) is 0 Å². The summed E-state index contributed by atoms with van der Waals surface area (Å²) in [5.41, 5.74) is 6.37. The Hall–Kier alpha value is -1.67. The second-order valence-electron chi connectivity index (χ2n) is 9.74. The molecule has 2 N–H and O–H groups in total. The van der Waals surface area contributed by atoms with E-state index < -0.39 is 26.2 Å². The van der Waals surface area contributed by atoms with E-state index in [1.54, 1.807) is 11.0 Å². The van der Waals surface area contributed by atoms with E-state index in [0.717, 1.165) is 5.69 Å². The molecular weight excluding hydrogens is 374 g/mol. The summed E-state index contributed by atoms with van der Waals surface area (Å²) in [6.07, 6.45) is 0.250. The van der Waals surface area contributed by atoms with Gasteiger partial charge in [0.2, 0.25) is 11.8 Å². The van der Waals surface area contributed by atoms with Gasteiger partial charge < -0.3 is 19.6 Å². The maximum absolute atomic E-state index is 13.4. The number of nitrogens with two attached hydrogens (primary N) is 1. The largest absolute Gasteiger partial charge is 0.412 e. The Labute approximate surface area is 169 Å². The number of aromatic nitrogens is 1. The van der Waals surface area contributed by atoms with Crippen LogP contribution in [0.2, 0.25) is 18.1 Å². The first kappa shape index (κ1) is 22.6. The van der Waals surface area contributed by atoms with Gasteiger partial charge in [0.25, 0.3) is 0 Å². The van der Waals surface area contributed by atoms with Gasteiger partial charge in [0, 0.05) is 19.0 Å². The number of carbonyl (C=O) groups excluding carboxylic acids is 2. The molecule has 0 bridgehead atoms. The minimum atomic E-state index is -2.03. The SMILES string of the molecule is Cc1cc(C(C(=O)N2CC(O[Si](C)(C)C(C)(C)C)C[C@H]2C(N)=O)C(C)C)on1. The molecule has 1 saturated heterocycles. The molecule has 7 nitrogen and oxygen atoms in total. The van der Waals surface area contributed by atoms with Gasteiger partial charge in [-0.2, -0.15) is 0 Å². The molecule has 3 atom stereocenters. The van der Waals surface area contributed by atoms with Gasteiger partial charge in [-0.15, -0.1) is 0 Å². The number of rotatable bonds is 6. The minimum Gasteiger partial charge on any atom is -0.412 e. The van der Waals surface area contributed by atoms with Crippen molar-refractivity contribution in [1.82, 2.24) is 10.1 Å². The van der Waals surface area contributed by atoms with Crippen LogP contribution < -0.4 is 5.73 Å². The molecule has 0 spiro atoms. The second-order valence-corrected chi connectivity index (χ2v) is 14.5. The van der Waals surface area contributed by atoms with E-state index in [4.69, 9.17) is 14.7 Å². The van der Waals surface area contributed by atoms with Gasteiger partial charge in [0.1, 0.15) is 17.7 Å². The lowest BCUT2D eigenvalue weighted by Crippen LogP contribution is -2.47. The van der Waals surface area contributed by atoms with Gasteiger partial charge in [-0.3, -0.25) is 9.59 Å². The van der Waals surface area contributed by atoms with Crippen LogP contribution in [-0.2, 0) is 14.0 Å². The molecule has 1 aliphatic heterocycles. The van der Waals surface area contributed by atoms with Crippen LogP contribution in [0.5, 0.6) is 0 Å². The van der Waals surface area contributed by atoms with Gasteiger partial charge in [0.15, 0.2) is 8.32 Å². The third-order valence-electron chi connectivity index (χ3n) is 6.03. The molecular formula is C20H35N3O4Si. The lowest BCUT2D eigenvalue weighted by molar-refractivity contribution is -0.139. The van der Waals surface area contributed by atoms with Crippen molar-refractivity contribution < 1.29 is 18.5 Å². The topological polar surface area (TPSA) is 98.7 Å². The summed E-state index contributed by atoms with van der Waals surface area (Å²) < 4.78 is 11.9. The number of amides is 2. The highest BCUT2D eigenvalue weighted by Gasteiger charge is 2.46. The highest BCUT2D eigenvalue weighted by atomic mass is 28.4. The van der Waals surface area contributed by atoms with Gasteiger partial charge in [-0.1, -0.05) is 39.8 Å². The van der Waals surface area contributed by atoms with Crippen LogP contribution >= 0.6 is 0 Å². The Morgan fingerprint density at radius 3 is 2.39 bits per heavy atom. The highest BCUT2D eigenvalue weighted by Crippen LogP contribution is 2.39. The number of carbonyl (C=O) groups is 2. The Kier molecular flexibility index (Phi) is 6.45. The summed E-state index contributed by atoms with van der Waals surface area (Å²) in [4.78, 5) is 27.1. The molecule has 0 saturated carbocycles. The maximum atomic E-state index is 13.4. The lowest BCUT2D eigenvalue weighted by atomic mass is 9.91. The zero-order chi connectivity index (χ0) is 21.4. The molecule has 2 heterocycles. The van der Waals surface area contributed by atoms with Crippen molar-refractivity contribution in [2.75, 3.05) is 6.54 Å². The second kappa shape index (κ2) is 7.98. The number of hydrogen-bond donors (Lipinski definition) is 1. The third-order valence-corrected chi connectivity index (χ3v) is 10.6. The molecule has 2 amide bonds. The Bertz CT molecular complexity index is 723. The van der Waals surface area contributed by atoms with Crippen molar-refractivity contribution in [3.05, 3.63) is 17.5 Å². The fourth-order valence-corrected chi connectivity index (χ4v) is 4.79. The van der Waals surface area contributed by atoms with Crippen LogP contribution in [0, 0.1) is 12.8 Å². The van der Waals surface area contributed by atoms with Crippen LogP contribution in [0.1, 0.15) is 58.4 Å². The van der Waals surface area contributed by atoms with Crippen LogP contribution in [0.4, 0.5) is 0 Å². The minimum absolute atomic E-state index is 0.00580. The number of hydrogen-bond acceptors (Lipinski definition) is 5. The van der Waals surface area contributed by atoms with Gasteiger partial charge in [-0.05, 0) is 31.0 Å². The molecule has 1 aliphatic rings. The van der Waals surface area contributed by atoms with Crippen molar-refractivity contribution in [2.45, 2.75) is 84.2 Å². The van der Waals surface area contributed by atoms with Crippen molar-refractivity contribution in [2.24, 2.45) is 11.7 Å². The fraction of sp³-hybridized carbons (Fsp3) is 0.750. The summed E-state index contributed by atoms with van der Waals surface area (Å²) in [7, 11) is -2.03. The zero-order valence-corrected chi connectivity index (χ0v) is 19.4. The van der Waals surface area contributed by atoms with Crippen LogP contribution in [0.25, 0.3) is 0 Å². The van der Waals surface area contributed by atoms with E-state index in [0.29, 0.717) is 18.7 Å². The fourth-order valence-electron chi connectivity index (χ4n) is 3.43. The third kappa shape index (κ3) is 4.65. The predicted octanol–water partition coefficient (Wildman–Crippen LogP) is 3.20. The number of likely N-dealkylation sites (tertiary alicyclic amines) is 1. The van der Waals surface area contributed by atoms with Crippen molar-refractivity contribution in [1.29, 1.82) is 0 Å². The van der Waals surface area contributed by atoms with E-state index >= 15 is 0 Å². The summed E-state index contributed by atoms with van der Waals surface area (Å²) in [6.45, 7) is 17.0. The van der Waals surface area contributed by atoms with E-state index in [-0.39, 0.29) is 23.0 Å². The lowest BCUT2D eigenvalue weighted by Gasteiger charge is -2.38. The first-order valence-corrected chi connectivity index (χ1v) is 12.9. The average molecular weight is 410 g/mol. The molecule has 1 aromatic heterocycles. The van der Waals surface area contributed by atoms with E-state index in [9.17, 15) is 9.59 Å². The maximum Gasteiger partial charge on any atom is 0.240 e. The smallest absolute Gasteiger partial charge is 0.240 e. The highest BCUT2D eigenvalue weighted by molar-refractivity contribution is 6.74. The summed E-state index contributed by atoms with van der Waals surface area (Å²) in [5.74, 6) is -0.639. The van der Waals surface area contributed by atoms with Crippen LogP contribution in [0.15, 0.2) is 10.6 Å². The normalized spacial score (nSPS) is 22.0. The monoisotopic (exact) mass is 409 g/mol. The average Bonchev–Trinajstić information content (AvgIpc) is 3.12. The Balaban J connectivity index is 2.26. The molecule has 28 heavy (non-hydrogen) atoms. The molecule has 1 fully saturated rings. The van der Waals surface area contributed by atoms with E-state index in [1.807, 2.05) is 20.8 Å². The first-order valence-electron chi connectivity index (χ1n) is 9.95. The standard InChI is InChI=1S/C20H35N3O4Si/c1-12(2)17(16-9-13(3)22-26-16)19(25)23-11-14(10-15(23)18(21)24)27-28(7,8)20(4,5)6/h9,12,14-15,17H,10-11H2,1-8H3,(H2,21,24)/t14?,15-,17?/m0/s1. The molecule has 8 heteroatoms. The summed E-state index contributed by atoms with van der Waals surface area (Å²) in [6, 6.07) is 1.12. The molecule has 1 aromatic rings. The van der Waals surface area contributed by atoms with Gasteiger partial charge in [-0.25, -0.2) is 0 Å². The molecule has 0 aliphatic carbocycles. The number of primary amides is 1. The molecule has 2 rings (SSSR count). The number of aryl methyl sites for hydroxylation is 1.